The second-order valence-corrected chi connectivity index (χ2v) is 21.4. The predicted octanol–water partition coefficient (Wildman–Crippen LogP) is 21.0. The van der Waals surface area contributed by atoms with Gasteiger partial charge < -0.3 is 0 Å². The number of hydrogen-bond acceptors (Lipinski definition) is 0. The highest BCUT2D eigenvalue weighted by molar-refractivity contribution is 6.46. The fraction of sp³-hybridized carbons (Fsp3) is 0.0541. The van der Waals surface area contributed by atoms with Crippen LogP contribution in [0, 0.1) is 27.7 Å². The minimum absolute atomic E-state index is 1.26. The first kappa shape index (κ1) is 40.5. The molecule has 0 aromatic heterocycles. The van der Waals surface area contributed by atoms with E-state index in [-0.39, 0.29) is 0 Å². The second-order valence-electron chi connectivity index (χ2n) is 21.4. The van der Waals surface area contributed by atoms with Crippen molar-refractivity contribution < 1.29 is 0 Å². The van der Waals surface area contributed by atoms with Crippen molar-refractivity contribution in [3.63, 3.8) is 0 Å². The molecule has 0 fully saturated rings. The molecule has 0 N–H and O–H groups in total. The molecule has 0 radical (unpaired) electrons. The van der Waals surface area contributed by atoms with Crippen molar-refractivity contribution in [3.05, 3.63) is 229 Å². The summed E-state index contributed by atoms with van der Waals surface area (Å²) in [5.74, 6) is 0. The summed E-state index contributed by atoms with van der Waals surface area (Å²) in [7, 11) is 0. The summed E-state index contributed by atoms with van der Waals surface area (Å²) < 4.78 is 0. The Labute approximate surface area is 429 Å². The summed E-state index contributed by atoms with van der Waals surface area (Å²) in [6.45, 7) is 9.20. The fourth-order valence-electron chi connectivity index (χ4n) is 14.7. The Balaban J connectivity index is 0.967. The quantitative estimate of drug-likeness (QED) is 0.122. The SMILES string of the molecule is Cc1cc2c(-c3ccccc3)c3c(c(-c4ccccc4)c2cc1C)-c1ccc2c4ccc5c6ccc7c8c(ccc(c9ccc(c%10ccc-3c1c%102)c4c95)c86)-c1c(-c2ccccc2)c(C)c(C)c(-c2ccccc2)c1-7. The van der Waals surface area contributed by atoms with Crippen molar-refractivity contribution in [1.29, 1.82) is 0 Å². The van der Waals surface area contributed by atoms with E-state index < -0.39 is 0 Å². The van der Waals surface area contributed by atoms with Crippen LogP contribution in [-0.4, -0.2) is 0 Å². The summed E-state index contributed by atoms with van der Waals surface area (Å²) in [4.78, 5) is 0. The zero-order chi connectivity index (χ0) is 48.8. The van der Waals surface area contributed by atoms with Crippen molar-refractivity contribution in [2.24, 2.45) is 0 Å². The highest BCUT2D eigenvalue weighted by Gasteiger charge is 2.35. The Bertz CT molecular complexity index is 4680. The molecule has 0 amide bonds. The van der Waals surface area contributed by atoms with Gasteiger partial charge in [-0.1, -0.05) is 206 Å². The molecule has 0 saturated carbocycles. The first-order valence-corrected chi connectivity index (χ1v) is 26.3. The number of rotatable bonds is 4. The maximum atomic E-state index is 2.47. The summed E-state index contributed by atoms with van der Waals surface area (Å²) in [5.41, 5.74) is 26.5. The van der Waals surface area contributed by atoms with Gasteiger partial charge in [0, 0.05) is 0 Å². The predicted molar refractivity (Wildman–Crippen MR) is 318 cm³/mol. The molecule has 0 atom stereocenters. The highest BCUT2D eigenvalue weighted by Crippen LogP contribution is 2.62. The van der Waals surface area contributed by atoms with Gasteiger partial charge >= 0.3 is 0 Å². The van der Waals surface area contributed by atoms with Crippen LogP contribution in [0.1, 0.15) is 22.3 Å². The normalized spacial score (nSPS) is 12.6. The molecule has 15 aromatic rings. The maximum Gasteiger partial charge on any atom is -0.000740 e. The third kappa shape index (κ3) is 4.94. The molecule has 0 nitrogen and oxygen atoms in total. The second kappa shape index (κ2) is 14.3. The minimum Gasteiger partial charge on any atom is -0.0622 e. The molecule has 0 bridgehead atoms. The zero-order valence-corrected chi connectivity index (χ0v) is 41.6. The van der Waals surface area contributed by atoms with Crippen molar-refractivity contribution in [3.8, 4) is 89.0 Å². The minimum atomic E-state index is 1.26. The smallest absolute Gasteiger partial charge is 0.000740 e. The van der Waals surface area contributed by atoms with Gasteiger partial charge in [-0.25, -0.2) is 0 Å². The molecule has 0 unspecified atom stereocenters. The lowest BCUT2D eigenvalue weighted by molar-refractivity contribution is 1.34. The maximum absolute atomic E-state index is 2.47. The van der Waals surface area contributed by atoms with Gasteiger partial charge in [0.05, 0.1) is 0 Å². The topological polar surface area (TPSA) is 0 Å². The molecular formula is C74H46. The lowest BCUT2D eigenvalue weighted by Crippen LogP contribution is -1.98. The standard InChI is InChI=1S/C74H46/c1-39-37-59-60(38-40(39)2)64(46-23-15-8-16-24-46)74-58-36-32-54-50-28-26-48-52-30-34-56-69-55(71-61(43-17-9-5-10-18-43)41(3)42(4)62(72(56)71)44-19-11-6-12-20-44)33-29-51(67(52)69)47-25-27-49(66(50)65(47)48)53-31-35-57(70(58)68(53)54)73(74)63(59)45-21-13-7-14-22-45/h5-38H,1-4H3. The van der Waals surface area contributed by atoms with Crippen molar-refractivity contribution in [2.75, 3.05) is 0 Å². The molecule has 74 heavy (non-hydrogen) atoms. The van der Waals surface area contributed by atoms with Crippen LogP contribution in [-0.2, 0) is 0 Å². The van der Waals surface area contributed by atoms with Gasteiger partial charge in [-0.15, -0.1) is 0 Å². The number of aryl methyl sites for hydroxylation is 2. The van der Waals surface area contributed by atoms with Crippen molar-refractivity contribution >= 4 is 86.2 Å². The molecule has 342 valence electrons. The van der Waals surface area contributed by atoms with E-state index >= 15 is 0 Å². The number of benzene rings is 15. The average molecular weight is 935 g/mol. The van der Waals surface area contributed by atoms with E-state index in [0.717, 1.165) is 0 Å². The van der Waals surface area contributed by atoms with E-state index in [1.54, 1.807) is 0 Å². The Kier molecular flexibility index (Phi) is 7.83. The molecule has 2 aliphatic carbocycles. The van der Waals surface area contributed by atoms with E-state index in [2.05, 4.69) is 234 Å². The van der Waals surface area contributed by atoms with Gasteiger partial charge in [0.2, 0.25) is 0 Å². The van der Waals surface area contributed by atoms with Crippen LogP contribution in [0.3, 0.4) is 0 Å². The lowest BCUT2D eigenvalue weighted by atomic mass is 9.81. The largest absolute Gasteiger partial charge is 0.0622 e. The van der Waals surface area contributed by atoms with E-state index in [9.17, 15) is 0 Å². The van der Waals surface area contributed by atoms with Crippen LogP contribution < -0.4 is 0 Å². The molecule has 0 heterocycles. The zero-order valence-electron chi connectivity index (χ0n) is 41.6. The molecule has 0 heteroatoms. The van der Waals surface area contributed by atoms with E-state index in [4.69, 9.17) is 0 Å². The summed E-state index contributed by atoms with van der Waals surface area (Å²) >= 11 is 0. The Morgan fingerprint density at radius 3 is 0.703 bits per heavy atom. The molecule has 0 saturated heterocycles. The van der Waals surface area contributed by atoms with Crippen LogP contribution in [0.25, 0.3) is 175 Å². The van der Waals surface area contributed by atoms with Crippen LogP contribution in [0.2, 0.25) is 0 Å². The van der Waals surface area contributed by atoms with Gasteiger partial charge in [0.1, 0.15) is 0 Å². The summed E-state index contributed by atoms with van der Waals surface area (Å²) in [6.07, 6.45) is 0. The molecule has 0 aliphatic heterocycles. The number of hydrogen-bond donors (Lipinski definition) is 0. The van der Waals surface area contributed by atoms with Crippen LogP contribution in [0.4, 0.5) is 0 Å². The average Bonchev–Trinajstić information content (AvgIpc) is 3.99. The van der Waals surface area contributed by atoms with E-state index in [1.807, 2.05) is 0 Å². The third-order valence-electron chi connectivity index (χ3n) is 18.0. The molecule has 0 spiro atoms. The van der Waals surface area contributed by atoms with Gasteiger partial charge in [-0.2, -0.15) is 0 Å². The Morgan fingerprint density at radius 1 is 0.189 bits per heavy atom. The molecule has 2 aliphatic rings. The fourth-order valence-corrected chi connectivity index (χ4v) is 14.7. The first-order chi connectivity index (χ1) is 36.4. The monoisotopic (exact) mass is 934 g/mol. The molecular weight excluding hydrogens is 889 g/mol. The van der Waals surface area contributed by atoms with Crippen LogP contribution >= 0.6 is 0 Å². The highest BCUT2D eigenvalue weighted by atomic mass is 14.4. The summed E-state index contributed by atoms with van der Waals surface area (Å²) in [5, 5.41) is 21.5. The van der Waals surface area contributed by atoms with Gasteiger partial charge in [0.25, 0.3) is 0 Å². The van der Waals surface area contributed by atoms with Gasteiger partial charge in [-0.3, -0.25) is 0 Å². The van der Waals surface area contributed by atoms with Crippen LogP contribution in [0.15, 0.2) is 206 Å². The Hall–Kier alpha value is -9.10. The van der Waals surface area contributed by atoms with Crippen molar-refractivity contribution in [2.45, 2.75) is 27.7 Å². The lowest BCUT2D eigenvalue weighted by Gasteiger charge is -2.22. The Morgan fingerprint density at radius 2 is 0.419 bits per heavy atom. The van der Waals surface area contributed by atoms with Gasteiger partial charge in [-0.05, 0) is 225 Å². The van der Waals surface area contributed by atoms with Gasteiger partial charge in [0.15, 0.2) is 0 Å². The van der Waals surface area contributed by atoms with E-state index in [0.29, 0.717) is 0 Å². The summed E-state index contributed by atoms with van der Waals surface area (Å²) in [6, 6.07) is 78.9. The molecule has 15 aromatic carbocycles. The van der Waals surface area contributed by atoms with E-state index in [1.165, 1.54) is 197 Å². The number of fused-ring (bicyclic) bond motifs is 11. The first-order valence-electron chi connectivity index (χ1n) is 26.3. The van der Waals surface area contributed by atoms with Crippen molar-refractivity contribution in [1.82, 2.24) is 0 Å². The van der Waals surface area contributed by atoms with Crippen LogP contribution in [0.5, 0.6) is 0 Å². The molecule has 17 rings (SSSR count). The third-order valence-corrected chi connectivity index (χ3v) is 18.0.